The molecule has 2 aromatic carbocycles. The van der Waals surface area contributed by atoms with Crippen LogP contribution in [0, 0.1) is 5.92 Å². The molecule has 0 aliphatic heterocycles. The van der Waals surface area contributed by atoms with Crippen LogP contribution in [-0.4, -0.2) is 18.4 Å². The van der Waals surface area contributed by atoms with Crippen molar-refractivity contribution in [3.05, 3.63) is 54.1 Å². The molecule has 27 heavy (non-hydrogen) atoms. The minimum atomic E-state index is -0.196. The van der Waals surface area contributed by atoms with Gasteiger partial charge in [-0.3, -0.25) is 9.59 Å². The Labute approximate surface area is 160 Å². The largest absolute Gasteiger partial charge is 0.494 e. The van der Waals surface area contributed by atoms with Gasteiger partial charge in [-0.1, -0.05) is 25.8 Å². The molecule has 5 heteroatoms. The molecule has 0 heterocycles. The van der Waals surface area contributed by atoms with Crippen molar-refractivity contribution in [1.82, 2.24) is 0 Å². The Bertz CT molecular complexity index is 782. The van der Waals surface area contributed by atoms with E-state index in [1.807, 2.05) is 24.3 Å². The molecule has 0 atom stereocenters. The number of unbranched alkanes of at least 4 members (excludes halogenated alkanes) is 2. The second-order valence-electron chi connectivity index (χ2n) is 6.88. The Balaban J connectivity index is 1.54. The van der Waals surface area contributed by atoms with Gasteiger partial charge in [0.15, 0.2) is 0 Å². The lowest BCUT2D eigenvalue weighted by Gasteiger charge is -2.10. The van der Waals surface area contributed by atoms with Crippen molar-refractivity contribution < 1.29 is 14.3 Å². The fourth-order valence-corrected chi connectivity index (χ4v) is 2.71. The van der Waals surface area contributed by atoms with Crippen LogP contribution < -0.4 is 15.4 Å². The number of hydrogen-bond acceptors (Lipinski definition) is 3. The maximum Gasteiger partial charge on any atom is 0.255 e. The molecule has 1 saturated carbocycles. The Morgan fingerprint density at radius 2 is 1.70 bits per heavy atom. The molecule has 0 aromatic heterocycles. The van der Waals surface area contributed by atoms with Crippen molar-refractivity contribution in [3.63, 3.8) is 0 Å². The normalized spacial score (nSPS) is 13.1. The second-order valence-corrected chi connectivity index (χ2v) is 6.88. The summed E-state index contributed by atoms with van der Waals surface area (Å²) >= 11 is 0. The van der Waals surface area contributed by atoms with Gasteiger partial charge in [-0.2, -0.15) is 0 Å². The maximum atomic E-state index is 12.4. The Morgan fingerprint density at radius 3 is 2.37 bits per heavy atom. The lowest BCUT2D eigenvalue weighted by molar-refractivity contribution is -0.117. The number of anilines is 2. The number of carbonyl (C=O) groups is 2. The predicted molar refractivity (Wildman–Crippen MR) is 107 cm³/mol. The standard InChI is InChI=1S/C22H26N2O3/c1-2-3-4-14-27-20-12-10-17(11-13-20)22(26)24-19-7-5-6-18(15-19)23-21(25)16-8-9-16/h5-7,10-13,15-16H,2-4,8-9,14H2,1H3,(H,23,25)(H,24,26). The van der Waals surface area contributed by atoms with Gasteiger partial charge in [0.25, 0.3) is 5.91 Å². The van der Waals surface area contributed by atoms with Crippen LogP contribution in [0.2, 0.25) is 0 Å². The number of amides is 2. The van der Waals surface area contributed by atoms with E-state index in [1.54, 1.807) is 24.3 Å². The number of benzene rings is 2. The summed E-state index contributed by atoms with van der Waals surface area (Å²) in [6.07, 6.45) is 5.27. The average molecular weight is 366 g/mol. The highest BCUT2D eigenvalue weighted by atomic mass is 16.5. The lowest BCUT2D eigenvalue weighted by Crippen LogP contribution is -2.14. The second kappa shape index (κ2) is 9.21. The summed E-state index contributed by atoms with van der Waals surface area (Å²) in [6, 6.07) is 14.3. The molecule has 142 valence electrons. The van der Waals surface area contributed by atoms with Gasteiger partial charge < -0.3 is 15.4 Å². The van der Waals surface area contributed by atoms with Crippen molar-refractivity contribution >= 4 is 23.2 Å². The van der Waals surface area contributed by atoms with Gasteiger partial charge in [0.05, 0.1) is 6.61 Å². The smallest absolute Gasteiger partial charge is 0.255 e. The Hall–Kier alpha value is -2.82. The molecular weight excluding hydrogens is 340 g/mol. The summed E-state index contributed by atoms with van der Waals surface area (Å²) in [6.45, 7) is 2.85. The van der Waals surface area contributed by atoms with E-state index in [2.05, 4.69) is 17.6 Å². The molecule has 0 bridgehead atoms. The zero-order chi connectivity index (χ0) is 19.1. The van der Waals surface area contributed by atoms with E-state index in [4.69, 9.17) is 4.74 Å². The highest BCUT2D eigenvalue weighted by Crippen LogP contribution is 2.30. The van der Waals surface area contributed by atoms with Crippen LogP contribution >= 0.6 is 0 Å². The molecule has 0 radical (unpaired) electrons. The molecule has 1 aliphatic carbocycles. The first-order chi connectivity index (χ1) is 13.2. The summed E-state index contributed by atoms with van der Waals surface area (Å²) in [5.74, 6) is 0.768. The molecule has 0 unspecified atom stereocenters. The minimum absolute atomic E-state index is 0.0491. The van der Waals surface area contributed by atoms with Crippen LogP contribution in [-0.2, 0) is 4.79 Å². The Kier molecular flexibility index (Phi) is 6.47. The monoisotopic (exact) mass is 366 g/mol. The molecule has 3 rings (SSSR count). The first-order valence-corrected chi connectivity index (χ1v) is 9.61. The summed E-state index contributed by atoms with van der Waals surface area (Å²) in [7, 11) is 0. The first kappa shape index (κ1) is 19.0. The summed E-state index contributed by atoms with van der Waals surface area (Å²) in [5.41, 5.74) is 1.90. The number of ether oxygens (including phenoxy) is 1. The van der Waals surface area contributed by atoms with E-state index in [0.29, 0.717) is 23.5 Å². The minimum Gasteiger partial charge on any atom is -0.494 e. The van der Waals surface area contributed by atoms with Gasteiger partial charge in [0.2, 0.25) is 5.91 Å². The quantitative estimate of drug-likeness (QED) is 0.623. The van der Waals surface area contributed by atoms with Gasteiger partial charge in [-0.15, -0.1) is 0 Å². The van der Waals surface area contributed by atoms with Crippen LogP contribution in [0.1, 0.15) is 49.4 Å². The van der Waals surface area contributed by atoms with E-state index < -0.39 is 0 Å². The van der Waals surface area contributed by atoms with Gasteiger partial charge in [-0.05, 0) is 61.7 Å². The highest BCUT2D eigenvalue weighted by Gasteiger charge is 2.29. The highest BCUT2D eigenvalue weighted by molar-refractivity contribution is 6.04. The average Bonchev–Trinajstić information content (AvgIpc) is 3.51. The van der Waals surface area contributed by atoms with Crippen LogP contribution in [0.25, 0.3) is 0 Å². The van der Waals surface area contributed by atoms with Crippen molar-refractivity contribution in [2.24, 2.45) is 5.92 Å². The predicted octanol–water partition coefficient (Wildman–Crippen LogP) is 4.86. The molecule has 2 N–H and O–H groups in total. The maximum absolute atomic E-state index is 12.4. The molecule has 2 aromatic rings. The van der Waals surface area contributed by atoms with E-state index in [-0.39, 0.29) is 17.7 Å². The zero-order valence-corrected chi connectivity index (χ0v) is 15.7. The number of hydrogen-bond donors (Lipinski definition) is 2. The molecule has 2 amide bonds. The fourth-order valence-electron chi connectivity index (χ4n) is 2.71. The summed E-state index contributed by atoms with van der Waals surface area (Å²) in [5, 5.41) is 5.75. The summed E-state index contributed by atoms with van der Waals surface area (Å²) in [4.78, 5) is 24.3. The fraction of sp³-hybridized carbons (Fsp3) is 0.364. The third-order valence-corrected chi connectivity index (χ3v) is 4.47. The first-order valence-electron chi connectivity index (χ1n) is 9.61. The van der Waals surface area contributed by atoms with Crippen molar-refractivity contribution in [1.29, 1.82) is 0 Å². The van der Waals surface area contributed by atoms with Crippen molar-refractivity contribution in [2.45, 2.75) is 39.0 Å². The van der Waals surface area contributed by atoms with Crippen molar-refractivity contribution in [2.75, 3.05) is 17.2 Å². The van der Waals surface area contributed by atoms with Crippen LogP contribution in [0.3, 0.4) is 0 Å². The van der Waals surface area contributed by atoms with E-state index in [9.17, 15) is 9.59 Å². The number of carbonyl (C=O) groups excluding carboxylic acids is 2. The SMILES string of the molecule is CCCCCOc1ccc(C(=O)Nc2cccc(NC(=O)C3CC3)c2)cc1. The number of nitrogens with one attached hydrogen (secondary N) is 2. The third-order valence-electron chi connectivity index (χ3n) is 4.47. The van der Waals surface area contributed by atoms with Gasteiger partial charge in [0, 0.05) is 22.9 Å². The number of rotatable bonds is 9. The van der Waals surface area contributed by atoms with E-state index >= 15 is 0 Å². The lowest BCUT2D eigenvalue weighted by atomic mass is 10.2. The zero-order valence-electron chi connectivity index (χ0n) is 15.7. The topological polar surface area (TPSA) is 67.4 Å². The molecule has 1 fully saturated rings. The van der Waals surface area contributed by atoms with Gasteiger partial charge in [-0.25, -0.2) is 0 Å². The van der Waals surface area contributed by atoms with E-state index in [0.717, 1.165) is 37.9 Å². The van der Waals surface area contributed by atoms with Crippen molar-refractivity contribution in [3.8, 4) is 5.75 Å². The molecule has 5 nitrogen and oxygen atoms in total. The van der Waals surface area contributed by atoms with Crippen LogP contribution in [0.5, 0.6) is 5.75 Å². The molecule has 0 saturated heterocycles. The van der Waals surface area contributed by atoms with E-state index in [1.165, 1.54) is 0 Å². The summed E-state index contributed by atoms with van der Waals surface area (Å²) < 4.78 is 5.67. The molecule has 1 aliphatic rings. The van der Waals surface area contributed by atoms with Gasteiger partial charge in [0.1, 0.15) is 5.75 Å². The van der Waals surface area contributed by atoms with Crippen LogP contribution in [0.15, 0.2) is 48.5 Å². The molecular formula is C22H26N2O3. The molecule has 0 spiro atoms. The Morgan fingerprint density at radius 1 is 1.00 bits per heavy atom. The third kappa shape index (κ3) is 5.84. The van der Waals surface area contributed by atoms with Crippen LogP contribution in [0.4, 0.5) is 11.4 Å². The van der Waals surface area contributed by atoms with Gasteiger partial charge >= 0.3 is 0 Å².